The quantitative estimate of drug-likeness (QED) is 0.770. The van der Waals surface area contributed by atoms with Gasteiger partial charge in [-0.05, 0) is 12.8 Å². The van der Waals surface area contributed by atoms with E-state index in [1.54, 1.807) is 0 Å². The van der Waals surface area contributed by atoms with Crippen LogP contribution in [0.15, 0.2) is 12.2 Å². The van der Waals surface area contributed by atoms with E-state index in [2.05, 4.69) is 0 Å². The van der Waals surface area contributed by atoms with Crippen LogP contribution in [0.4, 0.5) is 0 Å². The zero-order valence-electron chi connectivity index (χ0n) is 11.3. The van der Waals surface area contributed by atoms with Gasteiger partial charge in [0.05, 0.1) is 18.6 Å². The Kier molecular flexibility index (Phi) is 2.52. The van der Waals surface area contributed by atoms with Gasteiger partial charge in [-0.2, -0.15) is 0 Å². The lowest BCUT2D eigenvalue weighted by atomic mass is 9.77. The van der Waals surface area contributed by atoms with Gasteiger partial charge in [-0.1, -0.05) is 31.4 Å². The molecule has 5 nitrogen and oxygen atoms in total. The number of fused-ring (bicyclic) bond motifs is 1. The van der Waals surface area contributed by atoms with E-state index in [9.17, 15) is 14.7 Å². The molecule has 4 rings (SSSR count). The van der Waals surface area contributed by atoms with Crippen LogP contribution in [0.1, 0.15) is 32.1 Å². The maximum Gasteiger partial charge on any atom is 0.310 e. The summed E-state index contributed by atoms with van der Waals surface area (Å²) in [6.45, 7) is 0.540. The molecule has 1 N–H and O–H groups in total. The largest absolute Gasteiger partial charge is 0.481 e. The molecule has 0 unspecified atom stereocenters. The SMILES string of the molecule is O=C(O)[C@H]1[C@H]2C=C[C@@]3(CN(C4CCCCC4)C(=O)[C@@H]13)O2. The number of carboxylic acid groups (broad SMARTS) is 1. The lowest BCUT2D eigenvalue weighted by Crippen LogP contribution is -2.42. The molecule has 3 aliphatic heterocycles. The number of carboxylic acids is 1. The number of hydrogen-bond acceptors (Lipinski definition) is 3. The maximum atomic E-state index is 12.7. The highest BCUT2D eigenvalue weighted by Crippen LogP contribution is 2.52. The van der Waals surface area contributed by atoms with Crippen molar-refractivity contribution in [3.05, 3.63) is 12.2 Å². The molecular formula is C15H19NO4. The summed E-state index contributed by atoms with van der Waals surface area (Å²) in [6.07, 6.45) is 8.98. The van der Waals surface area contributed by atoms with Gasteiger partial charge in [-0.25, -0.2) is 0 Å². The van der Waals surface area contributed by atoms with Crippen LogP contribution >= 0.6 is 0 Å². The summed E-state index contributed by atoms with van der Waals surface area (Å²) in [5, 5.41) is 9.41. The summed E-state index contributed by atoms with van der Waals surface area (Å²) in [7, 11) is 0. The second-order valence-electron chi connectivity index (χ2n) is 6.50. The molecule has 0 radical (unpaired) electrons. The molecule has 0 aromatic carbocycles. The third-order valence-corrected chi connectivity index (χ3v) is 5.43. The van der Waals surface area contributed by atoms with Crippen LogP contribution in [0.3, 0.4) is 0 Å². The zero-order chi connectivity index (χ0) is 13.9. The highest BCUT2D eigenvalue weighted by atomic mass is 16.5. The molecule has 108 valence electrons. The highest BCUT2D eigenvalue weighted by molar-refractivity contribution is 5.91. The van der Waals surface area contributed by atoms with Gasteiger partial charge in [-0.3, -0.25) is 9.59 Å². The van der Waals surface area contributed by atoms with Crippen LogP contribution in [-0.2, 0) is 14.3 Å². The summed E-state index contributed by atoms with van der Waals surface area (Å²) in [4.78, 5) is 26.1. The number of carbonyl (C=O) groups is 2. The molecule has 3 heterocycles. The Balaban J connectivity index is 1.65. The number of rotatable bonds is 2. The Morgan fingerprint density at radius 2 is 2.10 bits per heavy atom. The minimum atomic E-state index is -0.912. The average Bonchev–Trinajstić information content (AvgIpc) is 3.08. The Labute approximate surface area is 117 Å². The van der Waals surface area contributed by atoms with Gasteiger partial charge in [0.1, 0.15) is 11.5 Å². The molecule has 1 aliphatic carbocycles. The number of amides is 1. The number of aliphatic carboxylic acids is 1. The molecule has 1 spiro atoms. The number of carbonyl (C=O) groups excluding carboxylic acids is 1. The average molecular weight is 277 g/mol. The summed E-state index contributed by atoms with van der Waals surface area (Å²) < 4.78 is 5.89. The molecule has 5 heteroatoms. The van der Waals surface area contributed by atoms with Crippen molar-refractivity contribution in [3.8, 4) is 0 Å². The van der Waals surface area contributed by atoms with Crippen molar-refractivity contribution in [1.29, 1.82) is 0 Å². The molecule has 3 fully saturated rings. The Morgan fingerprint density at radius 1 is 1.35 bits per heavy atom. The van der Waals surface area contributed by atoms with Gasteiger partial charge in [-0.15, -0.1) is 0 Å². The minimum Gasteiger partial charge on any atom is -0.481 e. The Bertz CT molecular complexity index is 496. The second-order valence-corrected chi connectivity index (χ2v) is 6.50. The summed E-state index contributed by atoms with van der Waals surface area (Å²) in [6, 6.07) is 0.279. The van der Waals surface area contributed by atoms with E-state index < -0.39 is 29.5 Å². The third kappa shape index (κ3) is 1.47. The fraction of sp³-hybridized carbons (Fsp3) is 0.733. The van der Waals surface area contributed by atoms with Crippen LogP contribution in [0, 0.1) is 11.8 Å². The van der Waals surface area contributed by atoms with Gasteiger partial charge in [0.15, 0.2) is 0 Å². The van der Waals surface area contributed by atoms with Crippen LogP contribution in [0.5, 0.6) is 0 Å². The summed E-state index contributed by atoms with van der Waals surface area (Å²) >= 11 is 0. The van der Waals surface area contributed by atoms with Crippen molar-refractivity contribution in [2.75, 3.05) is 6.54 Å². The van der Waals surface area contributed by atoms with Crippen LogP contribution in [0.25, 0.3) is 0 Å². The standard InChI is InChI=1S/C15H19NO4/c17-13-12-11(14(18)19)10-6-7-15(12,20-10)8-16(13)9-4-2-1-3-5-9/h6-7,9-12H,1-5,8H2,(H,18,19)/t10-,11+,12-,15+/m1/s1. The van der Waals surface area contributed by atoms with E-state index >= 15 is 0 Å². The van der Waals surface area contributed by atoms with Gasteiger partial charge in [0, 0.05) is 6.04 Å². The van der Waals surface area contributed by atoms with Crippen molar-refractivity contribution >= 4 is 11.9 Å². The van der Waals surface area contributed by atoms with Gasteiger partial charge >= 0.3 is 5.97 Å². The summed E-state index contributed by atoms with van der Waals surface area (Å²) in [5.74, 6) is -2.14. The van der Waals surface area contributed by atoms with Crippen LogP contribution < -0.4 is 0 Å². The highest BCUT2D eigenvalue weighted by Gasteiger charge is 2.67. The number of ether oxygens (including phenoxy) is 1. The molecule has 4 atom stereocenters. The minimum absolute atomic E-state index is 0.00356. The van der Waals surface area contributed by atoms with E-state index in [4.69, 9.17) is 4.74 Å². The predicted octanol–water partition coefficient (Wildman–Crippen LogP) is 1.19. The molecule has 1 amide bonds. The third-order valence-electron chi connectivity index (χ3n) is 5.43. The van der Waals surface area contributed by atoms with Crippen molar-refractivity contribution in [2.45, 2.75) is 49.9 Å². The van der Waals surface area contributed by atoms with E-state index in [1.165, 1.54) is 6.42 Å². The van der Waals surface area contributed by atoms with Gasteiger partial charge < -0.3 is 14.7 Å². The van der Waals surface area contributed by atoms with E-state index in [1.807, 2.05) is 17.1 Å². The molecule has 4 aliphatic rings. The lowest BCUT2D eigenvalue weighted by Gasteiger charge is -2.32. The van der Waals surface area contributed by atoms with Crippen LogP contribution in [-0.4, -0.2) is 46.2 Å². The first-order valence-electron chi connectivity index (χ1n) is 7.53. The second kappa shape index (κ2) is 4.07. The van der Waals surface area contributed by atoms with E-state index in [-0.39, 0.29) is 11.9 Å². The van der Waals surface area contributed by atoms with Crippen molar-refractivity contribution in [3.63, 3.8) is 0 Å². The normalized spacial score (nSPS) is 43.3. The fourth-order valence-corrected chi connectivity index (χ4v) is 4.51. The number of likely N-dealkylation sites (tertiary alicyclic amines) is 1. The molecule has 20 heavy (non-hydrogen) atoms. The van der Waals surface area contributed by atoms with Gasteiger partial charge in [0.2, 0.25) is 5.91 Å². The van der Waals surface area contributed by atoms with E-state index in [0.29, 0.717) is 6.54 Å². The number of nitrogens with zero attached hydrogens (tertiary/aromatic N) is 1. The fourth-order valence-electron chi connectivity index (χ4n) is 4.51. The smallest absolute Gasteiger partial charge is 0.310 e. The number of hydrogen-bond donors (Lipinski definition) is 1. The molecule has 1 saturated carbocycles. The summed E-state index contributed by atoms with van der Waals surface area (Å²) in [5.41, 5.74) is -0.664. The molecule has 0 aromatic heterocycles. The van der Waals surface area contributed by atoms with Crippen molar-refractivity contribution in [1.82, 2.24) is 4.90 Å². The predicted molar refractivity (Wildman–Crippen MR) is 69.9 cm³/mol. The zero-order valence-corrected chi connectivity index (χ0v) is 11.3. The van der Waals surface area contributed by atoms with Gasteiger partial charge in [0.25, 0.3) is 0 Å². The van der Waals surface area contributed by atoms with Crippen molar-refractivity contribution in [2.24, 2.45) is 11.8 Å². The topological polar surface area (TPSA) is 66.8 Å². The van der Waals surface area contributed by atoms with E-state index in [0.717, 1.165) is 25.7 Å². The maximum absolute atomic E-state index is 12.7. The Hall–Kier alpha value is -1.36. The van der Waals surface area contributed by atoms with Crippen LogP contribution in [0.2, 0.25) is 0 Å². The first-order chi connectivity index (χ1) is 9.62. The molecular weight excluding hydrogens is 258 g/mol. The first-order valence-corrected chi connectivity index (χ1v) is 7.53. The lowest BCUT2D eigenvalue weighted by molar-refractivity contribution is -0.148. The molecule has 2 bridgehead atoms. The monoisotopic (exact) mass is 277 g/mol. The molecule has 0 aromatic rings. The Morgan fingerprint density at radius 3 is 2.80 bits per heavy atom. The van der Waals surface area contributed by atoms with Crippen molar-refractivity contribution < 1.29 is 19.4 Å². The molecule has 2 saturated heterocycles. The first kappa shape index (κ1) is 12.4.